The zero-order chi connectivity index (χ0) is 14.7. The molecule has 0 saturated heterocycles. The smallest absolute Gasteiger partial charge is 0.270 e. The summed E-state index contributed by atoms with van der Waals surface area (Å²) in [5, 5.41) is 14.0. The molecule has 0 unspecified atom stereocenters. The summed E-state index contributed by atoms with van der Waals surface area (Å²) in [7, 11) is 0. The summed E-state index contributed by atoms with van der Waals surface area (Å²) < 4.78 is 0. The number of aryl methyl sites for hydroxylation is 2. The van der Waals surface area contributed by atoms with E-state index >= 15 is 0 Å². The molecule has 2 aromatic rings. The van der Waals surface area contributed by atoms with E-state index in [0.717, 1.165) is 11.4 Å². The molecule has 1 heterocycles. The lowest BCUT2D eigenvalue weighted by Gasteiger charge is -2.11. The van der Waals surface area contributed by atoms with Gasteiger partial charge >= 0.3 is 0 Å². The highest BCUT2D eigenvalue weighted by Gasteiger charge is 2.14. The average molecular weight is 272 g/mol. The van der Waals surface area contributed by atoms with Gasteiger partial charge in [0.15, 0.2) is 5.82 Å². The lowest BCUT2D eigenvalue weighted by molar-refractivity contribution is -0.384. The van der Waals surface area contributed by atoms with Gasteiger partial charge in [0.2, 0.25) is 0 Å². The maximum atomic E-state index is 10.9. The minimum absolute atomic E-state index is 0.0463. The van der Waals surface area contributed by atoms with Crippen molar-refractivity contribution in [2.24, 2.45) is 0 Å². The molecule has 0 bridgehead atoms. The first-order valence-electron chi connectivity index (χ1n) is 6.37. The fourth-order valence-corrected chi connectivity index (χ4v) is 1.86. The van der Waals surface area contributed by atoms with Crippen molar-refractivity contribution >= 4 is 11.5 Å². The molecule has 0 spiro atoms. The van der Waals surface area contributed by atoms with Gasteiger partial charge in [-0.05, 0) is 20.8 Å². The average Bonchev–Trinajstić information content (AvgIpc) is 2.43. The summed E-state index contributed by atoms with van der Waals surface area (Å²) in [6.07, 6.45) is 0. The first kappa shape index (κ1) is 13.9. The second kappa shape index (κ2) is 5.64. The van der Waals surface area contributed by atoms with Crippen molar-refractivity contribution in [2.45, 2.75) is 20.8 Å². The summed E-state index contributed by atoms with van der Waals surface area (Å²) in [6.45, 7) is 6.44. The van der Waals surface area contributed by atoms with Crippen LogP contribution in [0.1, 0.15) is 18.3 Å². The Hall–Kier alpha value is -2.50. The van der Waals surface area contributed by atoms with Crippen molar-refractivity contribution < 1.29 is 4.92 Å². The topological polar surface area (TPSA) is 81.0 Å². The monoisotopic (exact) mass is 272 g/mol. The fourth-order valence-electron chi connectivity index (χ4n) is 1.86. The van der Waals surface area contributed by atoms with Crippen LogP contribution in [0.4, 0.5) is 11.5 Å². The van der Waals surface area contributed by atoms with Gasteiger partial charge in [-0.25, -0.2) is 9.97 Å². The second-order valence-electron chi connectivity index (χ2n) is 4.43. The largest absolute Gasteiger partial charge is 0.369 e. The molecular formula is C14H16N4O2. The highest BCUT2D eigenvalue weighted by molar-refractivity contribution is 5.73. The Morgan fingerprint density at radius 2 is 1.95 bits per heavy atom. The van der Waals surface area contributed by atoms with E-state index < -0.39 is 4.92 Å². The molecule has 1 aromatic carbocycles. The van der Waals surface area contributed by atoms with Crippen LogP contribution in [0.5, 0.6) is 0 Å². The van der Waals surface area contributed by atoms with Crippen LogP contribution in [0.15, 0.2) is 24.3 Å². The van der Waals surface area contributed by atoms with E-state index in [1.807, 2.05) is 20.8 Å². The second-order valence-corrected chi connectivity index (χ2v) is 4.43. The van der Waals surface area contributed by atoms with Crippen molar-refractivity contribution in [1.29, 1.82) is 0 Å². The fraction of sp³-hybridized carbons (Fsp3) is 0.286. The third-order valence-electron chi connectivity index (χ3n) is 2.98. The number of hydrogen-bond donors (Lipinski definition) is 1. The minimum Gasteiger partial charge on any atom is -0.369 e. The van der Waals surface area contributed by atoms with Gasteiger partial charge < -0.3 is 5.32 Å². The lowest BCUT2D eigenvalue weighted by Crippen LogP contribution is -2.06. The van der Waals surface area contributed by atoms with Crippen LogP contribution in [-0.4, -0.2) is 21.4 Å². The van der Waals surface area contributed by atoms with Crippen molar-refractivity contribution in [1.82, 2.24) is 9.97 Å². The molecule has 104 valence electrons. The number of nitro benzene ring substituents is 1. The molecule has 1 N–H and O–H groups in total. The first-order chi connectivity index (χ1) is 9.52. The van der Waals surface area contributed by atoms with Gasteiger partial charge in [-0.15, -0.1) is 0 Å². The lowest BCUT2D eigenvalue weighted by atomic mass is 10.1. The molecule has 0 saturated carbocycles. The van der Waals surface area contributed by atoms with Crippen LogP contribution in [0.2, 0.25) is 0 Å². The van der Waals surface area contributed by atoms with E-state index in [4.69, 9.17) is 0 Å². The molecule has 6 heteroatoms. The van der Waals surface area contributed by atoms with E-state index in [9.17, 15) is 10.1 Å². The van der Waals surface area contributed by atoms with Crippen molar-refractivity contribution in [3.8, 4) is 11.3 Å². The molecule has 1 aromatic heterocycles. The summed E-state index contributed by atoms with van der Waals surface area (Å²) in [4.78, 5) is 19.4. The maximum Gasteiger partial charge on any atom is 0.270 e. The Kier molecular flexibility index (Phi) is 3.93. The summed E-state index contributed by atoms with van der Waals surface area (Å²) in [5.41, 5.74) is 3.03. The number of nitro groups is 1. The van der Waals surface area contributed by atoms with E-state index in [-0.39, 0.29) is 5.69 Å². The van der Waals surface area contributed by atoms with Gasteiger partial charge in [-0.1, -0.05) is 12.1 Å². The van der Waals surface area contributed by atoms with E-state index in [0.29, 0.717) is 23.6 Å². The molecule has 0 radical (unpaired) electrons. The van der Waals surface area contributed by atoms with Crippen molar-refractivity contribution in [3.05, 3.63) is 45.8 Å². The highest BCUT2D eigenvalue weighted by atomic mass is 16.6. The number of rotatable bonds is 4. The van der Waals surface area contributed by atoms with Gasteiger partial charge in [0.1, 0.15) is 5.69 Å². The van der Waals surface area contributed by atoms with Gasteiger partial charge in [-0.2, -0.15) is 0 Å². The van der Waals surface area contributed by atoms with Crippen molar-refractivity contribution in [3.63, 3.8) is 0 Å². The Labute approximate surface area is 117 Å². The molecule has 0 aliphatic carbocycles. The molecule has 0 amide bonds. The quantitative estimate of drug-likeness (QED) is 0.683. The highest BCUT2D eigenvalue weighted by Crippen LogP contribution is 2.28. The van der Waals surface area contributed by atoms with Crippen LogP contribution in [0, 0.1) is 24.0 Å². The van der Waals surface area contributed by atoms with Crippen LogP contribution in [0.3, 0.4) is 0 Å². The SMILES string of the molecule is CCNc1nc(C)c(C)nc1-c1cccc([N+](=O)[O-])c1. The third-order valence-corrected chi connectivity index (χ3v) is 2.98. The van der Waals surface area contributed by atoms with Gasteiger partial charge in [0, 0.05) is 24.2 Å². The number of aromatic nitrogens is 2. The van der Waals surface area contributed by atoms with E-state index in [1.54, 1.807) is 12.1 Å². The number of nitrogens with one attached hydrogen (secondary N) is 1. The van der Waals surface area contributed by atoms with Crippen LogP contribution >= 0.6 is 0 Å². The number of nitrogens with zero attached hydrogens (tertiary/aromatic N) is 3. The molecule has 6 nitrogen and oxygen atoms in total. The standard InChI is InChI=1S/C14H16N4O2/c1-4-15-14-13(16-9(2)10(3)17-14)11-6-5-7-12(8-11)18(19)20/h5-8H,4H2,1-3H3,(H,15,17). The Morgan fingerprint density at radius 1 is 1.25 bits per heavy atom. The number of anilines is 1. The summed E-state index contributed by atoms with van der Waals surface area (Å²) >= 11 is 0. The van der Waals surface area contributed by atoms with Crippen molar-refractivity contribution in [2.75, 3.05) is 11.9 Å². The third kappa shape index (κ3) is 2.74. The van der Waals surface area contributed by atoms with Gasteiger partial charge in [0.05, 0.1) is 16.3 Å². The molecule has 2 rings (SSSR count). The Balaban J connectivity index is 2.58. The minimum atomic E-state index is -0.412. The normalized spacial score (nSPS) is 10.3. The molecule has 0 atom stereocenters. The molecular weight excluding hydrogens is 256 g/mol. The van der Waals surface area contributed by atoms with E-state index in [1.165, 1.54) is 12.1 Å². The number of non-ortho nitro benzene ring substituents is 1. The maximum absolute atomic E-state index is 10.9. The number of benzene rings is 1. The zero-order valence-corrected chi connectivity index (χ0v) is 11.7. The molecule has 0 aliphatic heterocycles. The molecule has 0 fully saturated rings. The summed E-state index contributed by atoms with van der Waals surface area (Å²) in [6, 6.07) is 6.43. The van der Waals surface area contributed by atoms with Gasteiger partial charge in [0.25, 0.3) is 5.69 Å². The van der Waals surface area contributed by atoms with Gasteiger partial charge in [-0.3, -0.25) is 10.1 Å². The predicted octanol–water partition coefficient (Wildman–Crippen LogP) is 3.10. The predicted molar refractivity (Wildman–Crippen MR) is 77.8 cm³/mol. The first-order valence-corrected chi connectivity index (χ1v) is 6.37. The van der Waals surface area contributed by atoms with E-state index in [2.05, 4.69) is 15.3 Å². The zero-order valence-electron chi connectivity index (χ0n) is 11.7. The molecule has 20 heavy (non-hydrogen) atoms. The molecule has 0 aliphatic rings. The Bertz CT molecular complexity index is 656. The Morgan fingerprint density at radius 3 is 2.60 bits per heavy atom. The van der Waals surface area contributed by atoms with Crippen LogP contribution < -0.4 is 5.32 Å². The van der Waals surface area contributed by atoms with Crippen LogP contribution in [-0.2, 0) is 0 Å². The number of hydrogen-bond acceptors (Lipinski definition) is 5. The van der Waals surface area contributed by atoms with Crippen LogP contribution in [0.25, 0.3) is 11.3 Å². The summed E-state index contributed by atoms with van der Waals surface area (Å²) in [5.74, 6) is 0.649.